The summed E-state index contributed by atoms with van der Waals surface area (Å²) in [7, 11) is 0. The second kappa shape index (κ2) is 28.2. The summed E-state index contributed by atoms with van der Waals surface area (Å²) < 4.78 is 128. The van der Waals surface area contributed by atoms with Gasteiger partial charge in [-0.15, -0.1) is 0 Å². The van der Waals surface area contributed by atoms with Crippen LogP contribution >= 0.6 is 0 Å². The number of fused-ring (bicyclic) bond motifs is 31. The van der Waals surface area contributed by atoms with Crippen LogP contribution in [-0.4, -0.2) is 54.6 Å². The Bertz CT molecular complexity index is 6590. The molecule has 12 aliphatic heterocycles. The first kappa shape index (κ1) is 89.2. The second-order valence-electron chi connectivity index (χ2n) is 55.3. The highest BCUT2D eigenvalue weighted by atomic mass is 19.2. The lowest BCUT2D eigenvalue weighted by Crippen LogP contribution is -2.67. The largest absolute Gasteiger partial charge is 0.338 e. The topological polar surface area (TPSA) is 19.4 Å². The highest BCUT2D eigenvalue weighted by molar-refractivity contribution is 7.02. The van der Waals surface area contributed by atoms with Gasteiger partial charge in [0.15, 0.2) is 17.0 Å². The Morgan fingerprint density at radius 2 is 0.571 bits per heavy atom. The molecule has 6 nitrogen and oxygen atoms in total. The summed E-state index contributed by atoms with van der Waals surface area (Å²) in [5, 5.41) is 0. The molecule has 730 valence electrons. The van der Waals surface area contributed by atoms with Crippen molar-refractivity contribution in [3.8, 4) is 0 Å². The Labute approximate surface area is 836 Å². The van der Waals surface area contributed by atoms with E-state index in [1.165, 1.54) is 92.3 Å². The number of anilines is 12. The van der Waals surface area contributed by atoms with Crippen LogP contribution < -0.4 is 78.6 Å². The van der Waals surface area contributed by atoms with Crippen LogP contribution in [0.2, 0.25) is 0 Å². The summed E-state index contributed by atoms with van der Waals surface area (Å²) in [6.07, 6.45) is 21.1. The number of nitrogens with zero attached hydrogens (tertiary/aromatic N) is 6. The van der Waals surface area contributed by atoms with Crippen LogP contribution in [-0.2, 0) is 60.3 Å². The minimum absolute atomic E-state index is 0.0542. The van der Waals surface area contributed by atoms with Gasteiger partial charge in [0, 0.05) is 128 Å². The van der Waals surface area contributed by atoms with E-state index in [4.69, 9.17) is 0 Å². The molecule has 0 bridgehead atoms. The Morgan fingerprint density at radius 1 is 0.286 bits per heavy atom. The molecule has 0 amide bonds. The smallest absolute Gasteiger partial charge is 0.252 e. The summed E-state index contributed by atoms with van der Waals surface area (Å²) in [6, 6.07) is 39.9. The van der Waals surface area contributed by atoms with E-state index in [0.29, 0.717) is 96.5 Å². The molecular weight excluding hydrogens is 1730 g/mol. The first-order valence-corrected chi connectivity index (χ1v) is 54.9. The van der Waals surface area contributed by atoms with Crippen LogP contribution in [0.1, 0.15) is 411 Å². The molecular formula is C125H149B3F6N6. The zero-order valence-electron chi connectivity index (χ0n) is 90.6. The lowest BCUT2D eigenvalue weighted by molar-refractivity contribution is -0.0620. The van der Waals surface area contributed by atoms with E-state index in [9.17, 15) is 2.74 Å². The fourth-order valence-corrected chi connectivity index (χ4v) is 33.2. The number of aryl methyl sites for hydroxylation is 3. The monoisotopic (exact) mass is 1880 g/mol. The van der Waals surface area contributed by atoms with Gasteiger partial charge in [0.05, 0.1) is 12.4 Å². The zero-order valence-corrected chi connectivity index (χ0v) is 88.6. The lowest BCUT2D eigenvalue weighted by Gasteiger charge is -2.57. The molecule has 19 aliphatic rings. The Kier molecular flexibility index (Phi) is 18.0. The van der Waals surface area contributed by atoms with E-state index in [-0.39, 0.29) is 106 Å². The molecule has 0 spiro atoms. The second-order valence-corrected chi connectivity index (χ2v) is 55.3. The van der Waals surface area contributed by atoms with Crippen molar-refractivity contribution in [1.82, 2.24) is 0 Å². The number of hydrogen-bond donors (Lipinski definition) is 0. The van der Waals surface area contributed by atoms with E-state index < -0.39 is 53.0 Å². The molecule has 7 saturated carbocycles. The fraction of sp³-hybridized carbons (Fsp3) is 0.568. The predicted molar refractivity (Wildman–Crippen MR) is 576 cm³/mol. The molecule has 28 rings (SSSR count). The van der Waals surface area contributed by atoms with E-state index in [1.54, 1.807) is 53.6 Å². The SMILES string of the molecule is Cc1cc2c3c(c1)N1c4c(cc(C(C)(C)C)cc4C4(C)CC5CCCCC5CC14C)B3c1cc(C(C)(C)C)cc3c1N2C1(C)CCCCC31C.Cc1cc2c3c(c1)N1c4c(cc(C(C)(C)C)cc4C4(F)CCCCC14F)B3c1cc(C(C)(C)C)cc3c1N2C1(F)CCCCC31F.[2H]C12CCCCC1([2H])N1c3cc(C)cc4c3B(c3cc(C(C)(C)C)cc2c31)c1cc(C(C)(C)C)cc2c1N4C1(F)CCCCC21F. The van der Waals surface area contributed by atoms with Crippen LogP contribution in [0.3, 0.4) is 0 Å². The lowest BCUT2D eigenvalue weighted by atomic mass is 9.33. The summed E-state index contributed by atoms with van der Waals surface area (Å²) in [4.78, 5) is 13.2. The fourth-order valence-electron chi connectivity index (χ4n) is 33.2. The minimum Gasteiger partial charge on any atom is -0.338 e. The summed E-state index contributed by atoms with van der Waals surface area (Å²) in [5.41, 5.74) is 31.4. The van der Waals surface area contributed by atoms with E-state index in [2.05, 4.69) is 253 Å². The van der Waals surface area contributed by atoms with Crippen LogP contribution in [0.5, 0.6) is 0 Å². The molecule has 0 saturated heterocycles. The van der Waals surface area contributed by atoms with Crippen LogP contribution in [0.4, 0.5) is 94.6 Å². The van der Waals surface area contributed by atoms with Crippen molar-refractivity contribution < 1.29 is 29.1 Å². The van der Waals surface area contributed by atoms with Crippen molar-refractivity contribution in [3.63, 3.8) is 0 Å². The number of hydrogen-bond acceptors (Lipinski definition) is 6. The Hall–Kier alpha value is -8.45. The molecule has 7 aliphatic carbocycles. The molecule has 12 heterocycles. The van der Waals surface area contributed by atoms with Gasteiger partial charge in [0.2, 0.25) is 17.4 Å². The first-order chi connectivity index (χ1) is 66.3. The van der Waals surface area contributed by atoms with Crippen molar-refractivity contribution >= 4 is 138 Å². The molecule has 0 aromatic heterocycles. The maximum atomic E-state index is 18.0. The van der Waals surface area contributed by atoms with E-state index in [0.717, 1.165) is 113 Å². The van der Waals surface area contributed by atoms with Crippen molar-refractivity contribution in [3.05, 3.63) is 193 Å². The first-order valence-electron chi connectivity index (χ1n) is 55.9. The van der Waals surface area contributed by atoms with Gasteiger partial charge in [-0.05, 0) is 346 Å². The van der Waals surface area contributed by atoms with Gasteiger partial charge in [0.25, 0.3) is 20.1 Å². The van der Waals surface area contributed by atoms with Crippen LogP contribution in [0, 0.1) is 32.6 Å². The molecule has 15 heteroatoms. The Morgan fingerprint density at radius 3 is 0.957 bits per heavy atom. The highest BCUT2D eigenvalue weighted by Crippen LogP contribution is 2.73. The molecule has 14 atom stereocenters. The molecule has 0 N–H and O–H groups in total. The van der Waals surface area contributed by atoms with Gasteiger partial charge in [-0.2, -0.15) is 0 Å². The average molecular weight is 1880 g/mol. The van der Waals surface area contributed by atoms with Gasteiger partial charge in [-0.1, -0.05) is 244 Å². The number of alkyl halides is 6. The molecule has 9 aromatic carbocycles. The standard InChI is InChI=1S/C47H61BN2.C39H43BF4N2.C39H45BF2N2/c1-28-20-37-39-38(21-28)50-41-34(45(9)26-29-16-12-13-17-30(29)27-47(45,50)11)23-32(43(5,6)7)25-36(41)48(39)35-24-31(42(2,3)4)22-33-40(35)49(37)46(10)19-15-14-18-44(33,46)8;1-22-16-29-31-30(17-22)46-33-26(37(42)13-9-11-15-39(37,46)44)19-24(35(5,6)7)21-28(33)40(31)27-20-23(34(2,3)4)18-25-32(27)45(29)38(43)14-10-8-12-36(25,38)41;1-22-16-31-33-32(17-22)44-35-27(38(41)14-10-11-15-39(38,44)42)19-24(37(5,6)7)21-29(35)40(33)28-20-23(36(2,3)4)18-26-25-12-8-9-13-30(25)43(31)34(26)28/h20-25,29-30H,12-19,26-27H2,1-11H3;16-21H,8-15H2,1-7H3;16-21,25,30H,8-15H2,1-7H3/i;;25D,30D. The summed E-state index contributed by atoms with van der Waals surface area (Å²) in [6.45, 7) is 57.1. The third kappa shape index (κ3) is 11.2. The highest BCUT2D eigenvalue weighted by Gasteiger charge is 2.75. The zero-order chi connectivity index (χ0) is 100. The minimum atomic E-state index is -2.27. The average Bonchev–Trinajstić information content (AvgIpc) is 1.48. The van der Waals surface area contributed by atoms with Gasteiger partial charge in [-0.25, -0.2) is 26.3 Å². The quantitative estimate of drug-likeness (QED) is 0.0850. The van der Waals surface area contributed by atoms with Crippen molar-refractivity contribution in [1.29, 1.82) is 0 Å². The van der Waals surface area contributed by atoms with E-state index >= 15 is 26.3 Å². The van der Waals surface area contributed by atoms with Crippen molar-refractivity contribution in [2.24, 2.45) is 11.8 Å². The predicted octanol–water partition coefficient (Wildman–Crippen LogP) is 27.6. The third-order valence-electron chi connectivity index (χ3n) is 41.0. The third-order valence-corrected chi connectivity index (χ3v) is 41.0. The van der Waals surface area contributed by atoms with Crippen molar-refractivity contribution in [2.75, 3.05) is 29.4 Å². The molecule has 140 heavy (non-hydrogen) atoms. The van der Waals surface area contributed by atoms with Crippen molar-refractivity contribution in [2.45, 2.75) is 441 Å². The number of benzene rings is 9. The molecule has 0 radical (unpaired) electrons. The Balaban J connectivity index is 0.000000109. The maximum Gasteiger partial charge on any atom is 0.252 e. The maximum absolute atomic E-state index is 18.0. The van der Waals surface area contributed by atoms with E-state index in [1.807, 2.05) is 44.2 Å². The van der Waals surface area contributed by atoms with Gasteiger partial charge in [-0.3, -0.25) is 0 Å². The molecule has 9 aromatic rings. The van der Waals surface area contributed by atoms with Gasteiger partial charge < -0.3 is 29.4 Å². The van der Waals surface area contributed by atoms with Gasteiger partial charge in [0.1, 0.15) is 0 Å². The molecule has 7 fully saturated rings. The number of halogens is 6. The molecule has 14 unspecified atom stereocenters. The number of rotatable bonds is 0. The van der Waals surface area contributed by atoms with Crippen LogP contribution in [0.15, 0.2) is 109 Å². The summed E-state index contributed by atoms with van der Waals surface area (Å²) in [5.74, 6) is -6.10. The van der Waals surface area contributed by atoms with Gasteiger partial charge >= 0.3 is 0 Å². The summed E-state index contributed by atoms with van der Waals surface area (Å²) >= 11 is 0. The van der Waals surface area contributed by atoms with Crippen LogP contribution in [0.25, 0.3) is 0 Å². The normalized spacial score (nSPS) is 33.2.